The first-order valence-corrected chi connectivity index (χ1v) is 4.11. The maximum absolute atomic E-state index is 9.39. The van der Waals surface area contributed by atoms with Gasteiger partial charge in [-0.2, -0.15) is 0 Å². The van der Waals surface area contributed by atoms with Crippen molar-refractivity contribution in [3.63, 3.8) is 0 Å². The van der Waals surface area contributed by atoms with Gasteiger partial charge in [-0.15, -0.1) is 0 Å². The maximum Gasteiger partial charge on any atom is 0.126 e. The number of aliphatic hydroxyl groups is 2. The zero-order valence-electron chi connectivity index (χ0n) is 8.16. The highest BCUT2D eigenvalue weighted by Crippen LogP contribution is 1.99. The van der Waals surface area contributed by atoms with Crippen LogP contribution < -0.4 is 0 Å². The molecule has 0 aliphatic carbocycles. The third-order valence-corrected chi connectivity index (χ3v) is 1.77. The molecule has 0 aromatic heterocycles. The summed E-state index contributed by atoms with van der Waals surface area (Å²) in [5.41, 5.74) is 0. The molecule has 0 heterocycles. The molecule has 12 heavy (non-hydrogen) atoms. The molecule has 0 rings (SSSR count). The van der Waals surface area contributed by atoms with Crippen LogP contribution in [-0.2, 0) is 4.74 Å². The molecule has 4 heteroatoms. The first-order valence-electron chi connectivity index (χ1n) is 4.11. The predicted molar refractivity (Wildman–Crippen MR) is 46.8 cm³/mol. The van der Waals surface area contributed by atoms with Crippen LogP contribution >= 0.6 is 0 Å². The third kappa shape index (κ3) is 5.49. The number of aliphatic hydroxyl groups excluding tert-OH is 2. The zero-order chi connectivity index (χ0) is 9.61. The number of hydrogen-bond acceptors (Lipinski definition) is 3. The normalized spacial score (nSPS) is 14.8. The Hall–Kier alpha value is -0.160. The van der Waals surface area contributed by atoms with Crippen LogP contribution in [0, 0.1) is 0 Å². The lowest BCUT2D eigenvalue weighted by molar-refractivity contribution is -0.893. The molecule has 0 aliphatic heterocycles. The van der Waals surface area contributed by atoms with Crippen LogP contribution in [0.3, 0.4) is 0 Å². The van der Waals surface area contributed by atoms with Crippen molar-refractivity contribution in [3.05, 3.63) is 0 Å². The standard InChI is InChI=1S/C8H20NO3/c1-9(2,4-5-10)6-8(11)7-12-3/h8,10-11H,4-7H2,1-3H3/q+1. The van der Waals surface area contributed by atoms with Gasteiger partial charge in [0.2, 0.25) is 0 Å². The average molecular weight is 178 g/mol. The van der Waals surface area contributed by atoms with Crippen LogP contribution in [0.15, 0.2) is 0 Å². The van der Waals surface area contributed by atoms with E-state index in [1.165, 1.54) is 0 Å². The van der Waals surface area contributed by atoms with Crippen molar-refractivity contribution in [2.75, 3.05) is 47.5 Å². The first-order chi connectivity index (χ1) is 5.52. The molecule has 4 nitrogen and oxygen atoms in total. The zero-order valence-corrected chi connectivity index (χ0v) is 8.16. The second-order valence-corrected chi connectivity index (χ2v) is 3.67. The minimum absolute atomic E-state index is 0.146. The van der Waals surface area contributed by atoms with E-state index in [0.29, 0.717) is 24.2 Å². The van der Waals surface area contributed by atoms with Gasteiger partial charge in [0.05, 0.1) is 27.3 Å². The SMILES string of the molecule is COCC(O)C[N+](C)(C)CCO. The maximum atomic E-state index is 9.39. The van der Waals surface area contributed by atoms with E-state index in [4.69, 9.17) is 9.84 Å². The second kappa shape index (κ2) is 5.48. The van der Waals surface area contributed by atoms with E-state index >= 15 is 0 Å². The molecule has 2 N–H and O–H groups in total. The molecule has 0 radical (unpaired) electrons. The summed E-state index contributed by atoms with van der Waals surface area (Å²) in [6.45, 7) is 1.76. The van der Waals surface area contributed by atoms with Gasteiger partial charge in [-0.05, 0) is 0 Å². The minimum atomic E-state index is -0.448. The summed E-state index contributed by atoms with van der Waals surface area (Å²) in [5.74, 6) is 0. The molecular weight excluding hydrogens is 158 g/mol. The van der Waals surface area contributed by atoms with Gasteiger partial charge in [0.1, 0.15) is 19.2 Å². The molecule has 0 saturated carbocycles. The molecule has 0 spiro atoms. The fourth-order valence-corrected chi connectivity index (χ4v) is 1.18. The second-order valence-electron chi connectivity index (χ2n) is 3.67. The molecule has 1 atom stereocenters. The Bertz CT molecular complexity index is 117. The van der Waals surface area contributed by atoms with Crippen molar-refractivity contribution in [1.29, 1.82) is 0 Å². The predicted octanol–water partition coefficient (Wildman–Crippen LogP) is -0.938. The Kier molecular flexibility index (Phi) is 5.41. The van der Waals surface area contributed by atoms with Crippen molar-refractivity contribution in [2.24, 2.45) is 0 Å². The van der Waals surface area contributed by atoms with E-state index in [0.717, 1.165) is 0 Å². The summed E-state index contributed by atoms with van der Waals surface area (Å²) in [6, 6.07) is 0. The highest BCUT2D eigenvalue weighted by atomic mass is 16.5. The lowest BCUT2D eigenvalue weighted by Crippen LogP contribution is -2.48. The average Bonchev–Trinajstić information content (AvgIpc) is 1.85. The smallest absolute Gasteiger partial charge is 0.126 e. The highest BCUT2D eigenvalue weighted by molar-refractivity contribution is 4.50. The fourth-order valence-electron chi connectivity index (χ4n) is 1.18. The molecule has 0 amide bonds. The topological polar surface area (TPSA) is 49.7 Å². The number of quaternary nitrogens is 1. The van der Waals surface area contributed by atoms with Gasteiger partial charge in [-0.1, -0.05) is 0 Å². The Labute approximate surface area is 74.0 Å². The van der Waals surface area contributed by atoms with Gasteiger partial charge in [0.15, 0.2) is 0 Å². The van der Waals surface area contributed by atoms with Gasteiger partial charge >= 0.3 is 0 Å². The van der Waals surface area contributed by atoms with Gasteiger partial charge in [0, 0.05) is 7.11 Å². The van der Waals surface area contributed by atoms with Crippen molar-refractivity contribution < 1.29 is 19.4 Å². The van der Waals surface area contributed by atoms with E-state index < -0.39 is 6.10 Å². The Morgan fingerprint density at radius 3 is 2.42 bits per heavy atom. The summed E-state index contributed by atoms with van der Waals surface area (Å²) < 4.78 is 5.42. The molecule has 0 aliphatic rings. The molecule has 0 fully saturated rings. The van der Waals surface area contributed by atoms with Crippen LogP contribution in [0.2, 0.25) is 0 Å². The Morgan fingerprint density at radius 2 is 2.00 bits per heavy atom. The third-order valence-electron chi connectivity index (χ3n) is 1.77. The van der Waals surface area contributed by atoms with E-state index in [1.54, 1.807) is 7.11 Å². The Balaban J connectivity index is 3.70. The minimum Gasteiger partial charge on any atom is -0.391 e. The van der Waals surface area contributed by atoms with Crippen molar-refractivity contribution >= 4 is 0 Å². The highest BCUT2D eigenvalue weighted by Gasteiger charge is 2.19. The van der Waals surface area contributed by atoms with E-state index in [2.05, 4.69) is 0 Å². The summed E-state index contributed by atoms with van der Waals surface area (Å²) >= 11 is 0. The van der Waals surface area contributed by atoms with E-state index in [9.17, 15) is 5.11 Å². The molecule has 0 aromatic carbocycles. The van der Waals surface area contributed by atoms with Crippen LogP contribution in [0.25, 0.3) is 0 Å². The number of nitrogens with zero attached hydrogens (tertiary/aromatic N) is 1. The summed E-state index contributed by atoms with van der Waals surface area (Å²) in [7, 11) is 5.50. The summed E-state index contributed by atoms with van der Waals surface area (Å²) in [5, 5.41) is 18.1. The van der Waals surface area contributed by atoms with Crippen molar-refractivity contribution in [2.45, 2.75) is 6.10 Å². The number of likely N-dealkylation sites (N-methyl/N-ethyl adjacent to an activating group) is 1. The fraction of sp³-hybridized carbons (Fsp3) is 1.00. The van der Waals surface area contributed by atoms with Crippen LogP contribution in [-0.4, -0.2) is 68.3 Å². The summed E-state index contributed by atoms with van der Waals surface area (Å²) in [4.78, 5) is 0. The Morgan fingerprint density at radius 1 is 1.42 bits per heavy atom. The van der Waals surface area contributed by atoms with Crippen LogP contribution in [0.5, 0.6) is 0 Å². The quantitative estimate of drug-likeness (QED) is 0.516. The lowest BCUT2D eigenvalue weighted by atomic mass is 10.3. The monoisotopic (exact) mass is 178 g/mol. The number of ether oxygens (including phenoxy) is 1. The lowest BCUT2D eigenvalue weighted by Gasteiger charge is -2.30. The molecular formula is C8H20NO3+. The molecule has 0 aromatic rings. The molecule has 0 bridgehead atoms. The van der Waals surface area contributed by atoms with Crippen LogP contribution in [0.1, 0.15) is 0 Å². The molecule has 1 unspecified atom stereocenters. The molecule has 0 saturated heterocycles. The van der Waals surface area contributed by atoms with Crippen molar-refractivity contribution in [1.82, 2.24) is 0 Å². The van der Waals surface area contributed by atoms with Gasteiger partial charge in [-0.3, -0.25) is 0 Å². The first kappa shape index (κ1) is 11.8. The summed E-state index contributed by atoms with van der Waals surface area (Å²) in [6.07, 6.45) is -0.448. The largest absolute Gasteiger partial charge is 0.391 e. The van der Waals surface area contributed by atoms with E-state index in [-0.39, 0.29) is 6.61 Å². The van der Waals surface area contributed by atoms with Gasteiger partial charge in [-0.25, -0.2) is 0 Å². The number of hydrogen-bond donors (Lipinski definition) is 2. The van der Waals surface area contributed by atoms with Gasteiger partial charge in [0.25, 0.3) is 0 Å². The molecule has 74 valence electrons. The van der Waals surface area contributed by atoms with Gasteiger partial charge < -0.3 is 19.4 Å². The van der Waals surface area contributed by atoms with Crippen LogP contribution in [0.4, 0.5) is 0 Å². The van der Waals surface area contributed by atoms with Crippen molar-refractivity contribution in [3.8, 4) is 0 Å². The van der Waals surface area contributed by atoms with E-state index in [1.807, 2.05) is 14.1 Å². The number of methoxy groups -OCH3 is 1. The number of rotatable bonds is 6.